The molecular formula is C19H16N2O5S2. The summed E-state index contributed by atoms with van der Waals surface area (Å²) in [7, 11) is 0. The van der Waals surface area contributed by atoms with Crippen LogP contribution in [0.25, 0.3) is 17.4 Å². The second-order valence-electron chi connectivity index (χ2n) is 5.65. The maximum absolute atomic E-state index is 12.4. The minimum Gasteiger partial charge on any atom is -0.494 e. The van der Waals surface area contributed by atoms with Crippen molar-refractivity contribution in [3.63, 3.8) is 0 Å². The second kappa shape index (κ2) is 8.41. The van der Waals surface area contributed by atoms with Crippen LogP contribution >= 0.6 is 24.0 Å². The molecule has 1 fully saturated rings. The van der Waals surface area contributed by atoms with Gasteiger partial charge in [0.2, 0.25) is 0 Å². The van der Waals surface area contributed by atoms with Crippen molar-refractivity contribution in [2.45, 2.75) is 6.92 Å². The summed E-state index contributed by atoms with van der Waals surface area (Å²) in [6.45, 7) is 6.16. The van der Waals surface area contributed by atoms with E-state index in [1.165, 1.54) is 22.7 Å². The maximum Gasteiger partial charge on any atom is 0.284 e. The van der Waals surface area contributed by atoms with Crippen LogP contribution in [-0.2, 0) is 4.79 Å². The molecule has 0 unspecified atom stereocenters. The molecule has 144 valence electrons. The lowest BCUT2D eigenvalue weighted by Crippen LogP contribution is -2.27. The summed E-state index contributed by atoms with van der Waals surface area (Å²) in [5, 5.41) is 11.4. The van der Waals surface area contributed by atoms with E-state index >= 15 is 0 Å². The minimum atomic E-state index is -0.486. The molecular weight excluding hydrogens is 400 g/mol. The smallest absolute Gasteiger partial charge is 0.284 e. The molecule has 9 heteroatoms. The van der Waals surface area contributed by atoms with E-state index in [0.29, 0.717) is 45.2 Å². The molecule has 2 aromatic rings. The predicted octanol–water partition coefficient (Wildman–Crippen LogP) is 4.64. The van der Waals surface area contributed by atoms with Gasteiger partial charge < -0.3 is 9.15 Å². The number of thioether (sulfide) groups is 1. The molecule has 1 saturated heterocycles. The number of hydrogen-bond acceptors (Lipinski definition) is 7. The quantitative estimate of drug-likeness (QED) is 0.214. The van der Waals surface area contributed by atoms with Gasteiger partial charge >= 0.3 is 0 Å². The zero-order valence-corrected chi connectivity index (χ0v) is 16.5. The average Bonchev–Trinajstić information content (AvgIpc) is 3.22. The summed E-state index contributed by atoms with van der Waals surface area (Å²) < 4.78 is 11.5. The molecule has 0 radical (unpaired) electrons. The van der Waals surface area contributed by atoms with Crippen LogP contribution in [0, 0.1) is 10.1 Å². The van der Waals surface area contributed by atoms with E-state index in [9.17, 15) is 14.9 Å². The Morgan fingerprint density at radius 1 is 1.39 bits per heavy atom. The fourth-order valence-electron chi connectivity index (χ4n) is 2.62. The standard InChI is InChI=1S/C19H16N2O5S2/c1-3-9-20-18(22)17(28-19(20)27)11-13-6-8-16(26-13)14-7-5-12(25-4-2)10-15(14)21(23)24/h3,5-8,10-11H,1,4,9H2,2H3/b17-11-. The topological polar surface area (TPSA) is 85.8 Å². The summed E-state index contributed by atoms with van der Waals surface area (Å²) in [5.41, 5.74) is 0.205. The summed E-state index contributed by atoms with van der Waals surface area (Å²) in [6.07, 6.45) is 3.18. The van der Waals surface area contributed by atoms with Crippen LogP contribution in [0.2, 0.25) is 0 Å². The zero-order chi connectivity index (χ0) is 20.3. The van der Waals surface area contributed by atoms with Crippen LogP contribution in [0.15, 0.2) is 52.3 Å². The predicted molar refractivity (Wildman–Crippen MR) is 112 cm³/mol. The molecule has 0 spiro atoms. The number of rotatable bonds is 7. The highest BCUT2D eigenvalue weighted by Gasteiger charge is 2.31. The highest BCUT2D eigenvalue weighted by Crippen LogP contribution is 2.36. The highest BCUT2D eigenvalue weighted by atomic mass is 32.2. The molecule has 0 atom stereocenters. The number of benzene rings is 1. The van der Waals surface area contributed by atoms with Crippen molar-refractivity contribution >= 4 is 46.0 Å². The van der Waals surface area contributed by atoms with Gasteiger partial charge in [0.05, 0.1) is 28.1 Å². The monoisotopic (exact) mass is 416 g/mol. The largest absolute Gasteiger partial charge is 0.494 e. The fourth-order valence-corrected chi connectivity index (χ4v) is 3.87. The molecule has 1 aliphatic rings. The number of thiocarbonyl (C=S) groups is 1. The number of carbonyl (C=O) groups is 1. The van der Waals surface area contributed by atoms with Gasteiger partial charge in [0.15, 0.2) is 0 Å². The lowest BCUT2D eigenvalue weighted by molar-refractivity contribution is -0.384. The Hall–Kier alpha value is -2.91. The van der Waals surface area contributed by atoms with Gasteiger partial charge in [-0.1, -0.05) is 30.1 Å². The normalized spacial score (nSPS) is 15.3. The van der Waals surface area contributed by atoms with Gasteiger partial charge in [-0.3, -0.25) is 19.8 Å². The van der Waals surface area contributed by atoms with Crippen molar-refractivity contribution in [3.05, 3.63) is 63.8 Å². The lowest BCUT2D eigenvalue weighted by Gasteiger charge is -2.10. The number of nitrogens with zero attached hydrogens (tertiary/aromatic N) is 2. The van der Waals surface area contributed by atoms with Gasteiger partial charge in [0, 0.05) is 12.6 Å². The van der Waals surface area contributed by atoms with Crippen molar-refractivity contribution in [1.82, 2.24) is 4.90 Å². The van der Waals surface area contributed by atoms with Crippen LogP contribution in [-0.4, -0.2) is 33.2 Å². The van der Waals surface area contributed by atoms with Gasteiger partial charge in [0.25, 0.3) is 11.6 Å². The molecule has 1 aromatic carbocycles. The Labute approximate surface area is 170 Å². The zero-order valence-electron chi connectivity index (χ0n) is 14.9. The van der Waals surface area contributed by atoms with E-state index in [2.05, 4.69) is 6.58 Å². The third kappa shape index (κ3) is 4.00. The Morgan fingerprint density at radius 2 is 2.18 bits per heavy atom. The Bertz CT molecular complexity index is 996. The Kier molecular flexibility index (Phi) is 5.96. The average molecular weight is 416 g/mol. The van der Waals surface area contributed by atoms with Crippen LogP contribution in [0.3, 0.4) is 0 Å². The van der Waals surface area contributed by atoms with Crippen LogP contribution in [0.4, 0.5) is 5.69 Å². The Balaban J connectivity index is 1.91. The molecule has 28 heavy (non-hydrogen) atoms. The summed E-state index contributed by atoms with van der Waals surface area (Å²) in [4.78, 5) is 25.2. The SMILES string of the molecule is C=CCN1C(=O)/C(=C/c2ccc(-c3ccc(OCC)cc3[N+](=O)[O-])o2)SC1=S. The molecule has 0 N–H and O–H groups in total. The van der Waals surface area contributed by atoms with Gasteiger partial charge in [-0.15, -0.1) is 6.58 Å². The van der Waals surface area contributed by atoms with E-state index in [1.54, 1.807) is 43.3 Å². The molecule has 1 amide bonds. The van der Waals surface area contributed by atoms with Crippen molar-refractivity contribution in [2.75, 3.05) is 13.2 Å². The first-order valence-electron chi connectivity index (χ1n) is 8.32. The van der Waals surface area contributed by atoms with Crippen LogP contribution in [0.1, 0.15) is 12.7 Å². The molecule has 3 rings (SSSR count). The molecule has 7 nitrogen and oxygen atoms in total. The van der Waals surface area contributed by atoms with Crippen molar-refractivity contribution in [1.29, 1.82) is 0 Å². The second-order valence-corrected chi connectivity index (χ2v) is 7.33. The van der Waals surface area contributed by atoms with E-state index in [0.717, 1.165) is 0 Å². The van der Waals surface area contributed by atoms with Crippen molar-refractivity contribution in [3.8, 4) is 17.1 Å². The number of nitro benzene ring substituents is 1. The van der Waals surface area contributed by atoms with E-state index in [1.807, 2.05) is 0 Å². The molecule has 1 aliphatic heterocycles. The van der Waals surface area contributed by atoms with Crippen LogP contribution < -0.4 is 4.74 Å². The summed E-state index contributed by atoms with van der Waals surface area (Å²) in [5.74, 6) is 0.912. The van der Waals surface area contributed by atoms with E-state index in [-0.39, 0.29) is 11.6 Å². The van der Waals surface area contributed by atoms with E-state index < -0.39 is 4.92 Å². The minimum absolute atomic E-state index is 0.121. The number of ether oxygens (including phenoxy) is 1. The van der Waals surface area contributed by atoms with Gasteiger partial charge in [0.1, 0.15) is 21.6 Å². The van der Waals surface area contributed by atoms with E-state index in [4.69, 9.17) is 21.4 Å². The van der Waals surface area contributed by atoms with Gasteiger partial charge in [-0.2, -0.15) is 0 Å². The first-order chi connectivity index (χ1) is 13.4. The van der Waals surface area contributed by atoms with Crippen molar-refractivity contribution in [2.24, 2.45) is 0 Å². The Morgan fingerprint density at radius 3 is 2.86 bits per heavy atom. The first kappa shape index (κ1) is 19.8. The molecule has 1 aromatic heterocycles. The number of hydrogen-bond donors (Lipinski definition) is 0. The molecule has 0 bridgehead atoms. The van der Waals surface area contributed by atoms with Gasteiger partial charge in [-0.25, -0.2) is 0 Å². The number of carbonyl (C=O) groups excluding carboxylic acids is 1. The summed E-state index contributed by atoms with van der Waals surface area (Å²) in [6, 6.07) is 7.86. The number of furan rings is 1. The van der Waals surface area contributed by atoms with Crippen molar-refractivity contribution < 1.29 is 18.9 Å². The van der Waals surface area contributed by atoms with Crippen LogP contribution in [0.5, 0.6) is 5.75 Å². The first-order valence-corrected chi connectivity index (χ1v) is 9.54. The third-order valence-corrected chi connectivity index (χ3v) is 5.21. The highest BCUT2D eigenvalue weighted by molar-refractivity contribution is 8.26. The van der Waals surface area contributed by atoms with Gasteiger partial charge in [-0.05, 0) is 31.2 Å². The maximum atomic E-state index is 12.4. The third-order valence-electron chi connectivity index (χ3n) is 3.83. The number of nitro groups is 1. The molecule has 2 heterocycles. The lowest BCUT2D eigenvalue weighted by atomic mass is 10.1. The number of amides is 1. The summed E-state index contributed by atoms with van der Waals surface area (Å²) >= 11 is 6.37. The molecule has 0 aliphatic carbocycles. The fraction of sp³-hybridized carbons (Fsp3) is 0.158. The molecule has 0 saturated carbocycles.